The summed E-state index contributed by atoms with van der Waals surface area (Å²) in [6, 6.07) is 7.28. The van der Waals surface area contributed by atoms with E-state index < -0.39 is 0 Å². The van der Waals surface area contributed by atoms with Gasteiger partial charge in [0.25, 0.3) is 0 Å². The molecule has 0 saturated carbocycles. The molecule has 0 unspecified atom stereocenters. The van der Waals surface area contributed by atoms with Gasteiger partial charge < -0.3 is 9.47 Å². The van der Waals surface area contributed by atoms with Gasteiger partial charge in [-0.25, -0.2) is 4.79 Å². The summed E-state index contributed by atoms with van der Waals surface area (Å²) in [5.74, 6) is 0.430. The standard InChI is InChI=1S/C11H12N2O3/c1-15-9-4-2-8(3-5-9)12-13-10-6-7-16-11(10)14/h2-5,12H,6-7H2,1H3/b13-10+. The minimum absolute atomic E-state index is 0.346. The number of esters is 1. The number of hydrogen-bond acceptors (Lipinski definition) is 5. The minimum atomic E-state index is -0.346. The van der Waals surface area contributed by atoms with Crippen LogP contribution in [0.4, 0.5) is 5.69 Å². The first kappa shape index (κ1) is 10.5. The van der Waals surface area contributed by atoms with Gasteiger partial charge in [-0.2, -0.15) is 5.10 Å². The lowest BCUT2D eigenvalue weighted by molar-refractivity contribution is -0.132. The number of rotatable bonds is 3. The molecule has 1 fully saturated rings. The number of nitrogens with zero attached hydrogens (tertiary/aromatic N) is 1. The van der Waals surface area contributed by atoms with E-state index in [1.54, 1.807) is 7.11 Å². The summed E-state index contributed by atoms with van der Waals surface area (Å²) in [4.78, 5) is 11.1. The van der Waals surface area contributed by atoms with Crippen molar-refractivity contribution in [2.75, 3.05) is 19.1 Å². The third-order valence-electron chi connectivity index (χ3n) is 2.22. The van der Waals surface area contributed by atoms with Crippen LogP contribution in [0.15, 0.2) is 29.4 Å². The zero-order chi connectivity index (χ0) is 11.4. The van der Waals surface area contributed by atoms with Gasteiger partial charge in [0.2, 0.25) is 0 Å². The Bertz CT molecular complexity index is 412. The van der Waals surface area contributed by atoms with E-state index in [4.69, 9.17) is 9.47 Å². The Labute approximate surface area is 93.1 Å². The molecule has 1 saturated heterocycles. The SMILES string of the molecule is COc1ccc(N/N=C2\CCOC2=O)cc1. The number of cyclic esters (lactones) is 1. The van der Waals surface area contributed by atoms with Crippen LogP contribution in [0, 0.1) is 0 Å². The average Bonchev–Trinajstić information content (AvgIpc) is 2.73. The van der Waals surface area contributed by atoms with E-state index in [1.165, 1.54) is 0 Å². The van der Waals surface area contributed by atoms with E-state index in [-0.39, 0.29) is 5.97 Å². The second kappa shape index (κ2) is 4.65. The maximum atomic E-state index is 11.1. The molecule has 1 aromatic carbocycles. The van der Waals surface area contributed by atoms with E-state index in [2.05, 4.69) is 10.5 Å². The largest absolute Gasteiger partial charge is 0.497 e. The molecule has 0 amide bonds. The van der Waals surface area contributed by atoms with E-state index in [9.17, 15) is 4.79 Å². The lowest BCUT2D eigenvalue weighted by Gasteiger charge is -2.02. The monoisotopic (exact) mass is 220 g/mol. The fourth-order valence-electron chi connectivity index (χ4n) is 1.32. The second-order valence-electron chi connectivity index (χ2n) is 3.28. The predicted octanol–water partition coefficient (Wildman–Crippen LogP) is 1.41. The highest BCUT2D eigenvalue weighted by atomic mass is 16.5. The number of carbonyl (C=O) groups excluding carboxylic acids is 1. The molecule has 2 rings (SSSR count). The third-order valence-corrected chi connectivity index (χ3v) is 2.22. The van der Waals surface area contributed by atoms with Gasteiger partial charge in [-0.1, -0.05) is 0 Å². The second-order valence-corrected chi connectivity index (χ2v) is 3.28. The van der Waals surface area contributed by atoms with Crippen LogP contribution < -0.4 is 10.2 Å². The lowest BCUT2D eigenvalue weighted by atomic mass is 10.3. The first-order chi connectivity index (χ1) is 7.79. The number of anilines is 1. The first-order valence-corrected chi connectivity index (χ1v) is 4.93. The molecule has 1 N–H and O–H groups in total. The van der Waals surface area contributed by atoms with Crippen molar-refractivity contribution < 1.29 is 14.3 Å². The average molecular weight is 220 g/mol. The Morgan fingerprint density at radius 1 is 1.38 bits per heavy atom. The molecule has 0 spiro atoms. The van der Waals surface area contributed by atoms with Gasteiger partial charge in [-0.3, -0.25) is 5.43 Å². The molecular formula is C11H12N2O3. The molecule has 1 aliphatic heterocycles. The van der Waals surface area contributed by atoms with Crippen molar-refractivity contribution in [2.45, 2.75) is 6.42 Å². The molecule has 1 heterocycles. The summed E-state index contributed by atoms with van der Waals surface area (Å²) < 4.78 is 9.79. The predicted molar refractivity (Wildman–Crippen MR) is 59.6 cm³/mol. The summed E-state index contributed by atoms with van der Waals surface area (Å²) in [6.07, 6.45) is 0.558. The smallest absolute Gasteiger partial charge is 0.354 e. The van der Waals surface area contributed by atoms with Gasteiger partial charge >= 0.3 is 5.97 Å². The number of benzene rings is 1. The topological polar surface area (TPSA) is 59.9 Å². The van der Waals surface area contributed by atoms with Crippen molar-refractivity contribution in [2.24, 2.45) is 5.10 Å². The van der Waals surface area contributed by atoms with Gasteiger partial charge in [-0.05, 0) is 24.3 Å². The van der Waals surface area contributed by atoms with Crippen LogP contribution in [-0.4, -0.2) is 25.4 Å². The van der Waals surface area contributed by atoms with Crippen LogP contribution in [0.5, 0.6) is 5.75 Å². The molecular weight excluding hydrogens is 208 g/mol. The van der Waals surface area contributed by atoms with Gasteiger partial charge in [0.15, 0.2) is 0 Å². The number of nitrogens with one attached hydrogen (secondary N) is 1. The van der Waals surface area contributed by atoms with E-state index in [0.717, 1.165) is 11.4 Å². The summed E-state index contributed by atoms with van der Waals surface area (Å²) in [7, 11) is 1.61. The third kappa shape index (κ3) is 2.31. The maximum Gasteiger partial charge on any atom is 0.354 e. The fourth-order valence-corrected chi connectivity index (χ4v) is 1.32. The quantitative estimate of drug-likeness (QED) is 0.618. The number of hydrogen-bond donors (Lipinski definition) is 1. The van der Waals surface area contributed by atoms with Crippen LogP contribution in [0.1, 0.15) is 6.42 Å². The maximum absolute atomic E-state index is 11.1. The number of methoxy groups -OCH3 is 1. The van der Waals surface area contributed by atoms with E-state index in [0.29, 0.717) is 18.7 Å². The minimum Gasteiger partial charge on any atom is -0.497 e. The molecule has 0 atom stereocenters. The summed E-state index contributed by atoms with van der Waals surface area (Å²) >= 11 is 0. The van der Waals surface area contributed by atoms with Crippen molar-refractivity contribution in [3.05, 3.63) is 24.3 Å². The molecule has 1 aromatic rings. The van der Waals surface area contributed by atoms with Crippen LogP contribution in [0.3, 0.4) is 0 Å². The number of hydrazone groups is 1. The highest BCUT2D eigenvalue weighted by Crippen LogP contribution is 2.15. The van der Waals surface area contributed by atoms with Gasteiger partial charge in [0, 0.05) is 6.42 Å². The van der Waals surface area contributed by atoms with E-state index in [1.807, 2.05) is 24.3 Å². The van der Waals surface area contributed by atoms with Crippen LogP contribution >= 0.6 is 0 Å². The molecule has 1 aliphatic rings. The highest BCUT2D eigenvalue weighted by molar-refractivity contribution is 6.38. The Hall–Kier alpha value is -2.04. The number of carbonyl (C=O) groups is 1. The molecule has 0 aliphatic carbocycles. The molecule has 5 heteroatoms. The number of ether oxygens (including phenoxy) is 2. The zero-order valence-corrected chi connectivity index (χ0v) is 8.90. The van der Waals surface area contributed by atoms with Crippen molar-refractivity contribution in [3.63, 3.8) is 0 Å². The summed E-state index contributed by atoms with van der Waals surface area (Å²) in [5.41, 5.74) is 4.03. The highest BCUT2D eigenvalue weighted by Gasteiger charge is 2.20. The Morgan fingerprint density at radius 3 is 2.69 bits per heavy atom. The molecule has 16 heavy (non-hydrogen) atoms. The molecule has 5 nitrogen and oxygen atoms in total. The molecule has 0 bridgehead atoms. The van der Waals surface area contributed by atoms with Gasteiger partial charge in [0.05, 0.1) is 19.4 Å². The van der Waals surface area contributed by atoms with Crippen molar-refractivity contribution in [3.8, 4) is 5.75 Å². The summed E-state index contributed by atoms with van der Waals surface area (Å²) in [5, 5.41) is 3.98. The Balaban J connectivity index is 2.01. The van der Waals surface area contributed by atoms with Gasteiger partial charge in [-0.15, -0.1) is 0 Å². The van der Waals surface area contributed by atoms with Crippen LogP contribution in [0.25, 0.3) is 0 Å². The van der Waals surface area contributed by atoms with E-state index >= 15 is 0 Å². The fraction of sp³-hybridized carbons (Fsp3) is 0.273. The molecule has 0 aromatic heterocycles. The Kier molecular flexibility index (Phi) is 3.05. The van der Waals surface area contributed by atoms with Crippen LogP contribution in [-0.2, 0) is 9.53 Å². The van der Waals surface area contributed by atoms with Gasteiger partial charge in [0.1, 0.15) is 11.5 Å². The normalized spacial score (nSPS) is 17.3. The van der Waals surface area contributed by atoms with Crippen molar-refractivity contribution >= 4 is 17.4 Å². The lowest BCUT2D eigenvalue weighted by Crippen LogP contribution is -2.08. The van der Waals surface area contributed by atoms with Crippen molar-refractivity contribution in [1.82, 2.24) is 0 Å². The first-order valence-electron chi connectivity index (χ1n) is 4.93. The molecule has 84 valence electrons. The zero-order valence-electron chi connectivity index (χ0n) is 8.90. The Morgan fingerprint density at radius 2 is 2.12 bits per heavy atom. The summed E-state index contributed by atoms with van der Waals surface area (Å²) in [6.45, 7) is 0.419. The molecule has 0 radical (unpaired) electrons. The van der Waals surface area contributed by atoms with Crippen molar-refractivity contribution in [1.29, 1.82) is 0 Å². The van der Waals surface area contributed by atoms with Crippen LogP contribution in [0.2, 0.25) is 0 Å².